The van der Waals surface area contributed by atoms with E-state index < -0.39 is 16.9 Å². The van der Waals surface area contributed by atoms with Gasteiger partial charge in [-0.25, -0.2) is 9.59 Å². The van der Waals surface area contributed by atoms with Gasteiger partial charge in [-0.2, -0.15) is 0 Å². The lowest BCUT2D eigenvalue weighted by molar-refractivity contribution is -0.384. The van der Waals surface area contributed by atoms with Crippen molar-refractivity contribution in [2.45, 2.75) is 0 Å². The molecule has 9 nitrogen and oxygen atoms in total. The van der Waals surface area contributed by atoms with E-state index in [1.165, 1.54) is 12.1 Å². The molecule has 0 unspecified atom stereocenters. The molecule has 136 valence electrons. The third kappa shape index (κ3) is 10.2. The molecule has 0 aromatic heterocycles. The highest BCUT2D eigenvalue weighted by atomic mass is 16.6. The van der Waals surface area contributed by atoms with Crippen molar-refractivity contribution in [2.24, 2.45) is 0 Å². The second kappa shape index (κ2) is 12.3. The van der Waals surface area contributed by atoms with Crippen LogP contribution in [0.2, 0.25) is 0 Å². The topological polar surface area (TPSA) is 130 Å². The third-order valence-corrected chi connectivity index (χ3v) is 2.68. The Hall–Kier alpha value is -3.20. The molecule has 0 bridgehead atoms. The second-order valence-electron chi connectivity index (χ2n) is 4.55. The molecule has 25 heavy (non-hydrogen) atoms. The summed E-state index contributed by atoms with van der Waals surface area (Å²) in [6.45, 7) is 10.2. The number of hydrogen-bond acceptors (Lipinski definition) is 6. The number of carbonyl (C=O) groups is 2. The van der Waals surface area contributed by atoms with Gasteiger partial charge in [0.15, 0.2) is 0 Å². The van der Waals surface area contributed by atoms with E-state index in [1.807, 2.05) is 12.2 Å². The Bertz CT molecular complexity index is 577. The number of benzene rings is 1. The Kier molecular flexibility index (Phi) is 10.7. The van der Waals surface area contributed by atoms with Crippen molar-refractivity contribution in [3.63, 3.8) is 0 Å². The van der Waals surface area contributed by atoms with Crippen molar-refractivity contribution in [1.82, 2.24) is 4.90 Å². The number of rotatable bonds is 9. The van der Waals surface area contributed by atoms with Crippen molar-refractivity contribution in [1.29, 1.82) is 0 Å². The predicted molar refractivity (Wildman–Crippen MR) is 90.7 cm³/mol. The summed E-state index contributed by atoms with van der Waals surface area (Å²) in [5.74, 6) is -3.02. The molecule has 9 heteroatoms. The van der Waals surface area contributed by atoms with Gasteiger partial charge in [-0.1, -0.05) is 12.2 Å². The summed E-state index contributed by atoms with van der Waals surface area (Å²) in [6, 6.07) is 6.06. The molecule has 0 saturated carbocycles. The number of carboxylic acids is 2. The summed E-state index contributed by atoms with van der Waals surface area (Å²) in [7, 11) is 0. The number of ether oxygens (including phenoxy) is 1. The van der Waals surface area contributed by atoms with E-state index in [2.05, 4.69) is 18.1 Å². The Balaban J connectivity index is 0.000000823. The Morgan fingerprint density at radius 3 is 1.96 bits per heavy atom. The molecule has 1 aromatic carbocycles. The molecule has 0 aliphatic rings. The lowest BCUT2D eigenvalue weighted by Gasteiger charge is -2.18. The molecule has 0 aliphatic heterocycles. The molecule has 1 rings (SSSR count). The average Bonchev–Trinajstić information content (AvgIpc) is 2.56. The minimum Gasteiger partial charge on any atom is -0.492 e. The maximum Gasteiger partial charge on any atom is 0.414 e. The maximum atomic E-state index is 10.5. The minimum atomic E-state index is -1.82. The largest absolute Gasteiger partial charge is 0.492 e. The first kappa shape index (κ1) is 21.8. The van der Waals surface area contributed by atoms with Crippen LogP contribution in [0.1, 0.15) is 0 Å². The summed E-state index contributed by atoms with van der Waals surface area (Å²) in [5, 5.41) is 25.3. The molecular weight excluding hydrogens is 332 g/mol. The predicted octanol–water partition coefficient (Wildman–Crippen LogP) is 1.80. The minimum absolute atomic E-state index is 0.0623. The van der Waals surface area contributed by atoms with Crippen LogP contribution in [0.5, 0.6) is 5.75 Å². The van der Waals surface area contributed by atoms with Crippen LogP contribution >= 0.6 is 0 Å². The van der Waals surface area contributed by atoms with Crippen molar-refractivity contribution in [3.05, 3.63) is 59.7 Å². The van der Waals surface area contributed by atoms with Gasteiger partial charge in [-0.3, -0.25) is 15.0 Å². The molecule has 0 heterocycles. The van der Waals surface area contributed by atoms with E-state index in [9.17, 15) is 10.1 Å². The fourth-order valence-electron chi connectivity index (χ4n) is 1.58. The van der Waals surface area contributed by atoms with Crippen LogP contribution in [0.4, 0.5) is 5.69 Å². The van der Waals surface area contributed by atoms with Crippen molar-refractivity contribution in [3.8, 4) is 5.75 Å². The first-order valence-corrected chi connectivity index (χ1v) is 7.09. The van der Waals surface area contributed by atoms with E-state index >= 15 is 0 Å². The standard InChI is InChI=1S/C14H18N2O3.C2H2O4/c1-3-9-15(10-4-2)11-12-19-14-7-5-13(6-8-14)16(17)18;3-1(4)2(5)6/h3-8H,1-2,9-12H2;(H,3,4)(H,5,6). The molecule has 0 saturated heterocycles. The van der Waals surface area contributed by atoms with Gasteiger partial charge < -0.3 is 14.9 Å². The smallest absolute Gasteiger partial charge is 0.414 e. The summed E-state index contributed by atoms with van der Waals surface area (Å²) < 4.78 is 5.53. The first-order valence-electron chi connectivity index (χ1n) is 7.09. The zero-order chi connectivity index (χ0) is 19.2. The van der Waals surface area contributed by atoms with Gasteiger partial charge in [0, 0.05) is 31.8 Å². The molecule has 0 fully saturated rings. The van der Waals surface area contributed by atoms with Crippen molar-refractivity contribution in [2.75, 3.05) is 26.2 Å². The molecule has 0 spiro atoms. The van der Waals surface area contributed by atoms with E-state index in [0.717, 1.165) is 19.6 Å². The zero-order valence-corrected chi connectivity index (χ0v) is 13.5. The SMILES string of the molecule is C=CCN(CC=C)CCOc1ccc([N+](=O)[O-])cc1.O=C(O)C(=O)O. The normalized spacial score (nSPS) is 9.48. The molecule has 0 amide bonds. The molecular formula is C16H20N2O7. The molecule has 0 aliphatic carbocycles. The van der Waals surface area contributed by atoms with Crippen molar-refractivity contribution < 1.29 is 29.5 Å². The van der Waals surface area contributed by atoms with Gasteiger partial charge in [0.2, 0.25) is 0 Å². The Morgan fingerprint density at radius 2 is 1.60 bits per heavy atom. The highest BCUT2D eigenvalue weighted by Gasteiger charge is 2.05. The highest BCUT2D eigenvalue weighted by molar-refractivity contribution is 6.27. The average molecular weight is 352 g/mol. The van der Waals surface area contributed by atoms with Crippen molar-refractivity contribution >= 4 is 17.6 Å². The maximum absolute atomic E-state index is 10.5. The monoisotopic (exact) mass is 352 g/mol. The quantitative estimate of drug-likeness (QED) is 0.298. The Morgan fingerprint density at radius 1 is 1.12 bits per heavy atom. The van der Waals surface area contributed by atoms with Gasteiger partial charge in [-0.15, -0.1) is 13.2 Å². The van der Waals surface area contributed by atoms with Crippen LogP contribution in [-0.2, 0) is 9.59 Å². The summed E-state index contributed by atoms with van der Waals surface area (Å²) in [6.07, 6.45) is 3.66. The fourth-order valence-corrected chi connectivity index (χ4v) is 1.58. The highest BCUT2D eigenvalue weighted by Crippen LogP contribution is 2.17. The number of hydrogen-bond donors (Lipinski definition) is 2. The Labute approximate surface area is 144 Å². The van der Waals surface area contributed by atoms with Gasteiger partial charge in [0.05, 0.1) is 4.92 Å². The third-order valence-electron chi connectivity index (χ3n) is 2.68. The van der Waals surface area contributed by atoms with Gasteiger partial charge in [0.25, 0.3) is 5.69 Å². The van der Waals surface area contributed by atoms with Crippen LogP contribution in [0, 0.1) is 10.1 Å². The van der Waals surface area contributed by atoms with Crippen LogP contribution in [0.3, 0.4) is 0 Å². The summed E-state index contributed by atoms with van der Waals surface area (Å²) >= 11 is 0. The first-order chi connectivity index (χ1) is 11.8. The van der Waals surface area contributed by atoms with E-state index in [1.54, 1.807) is 12.1 Å². The van der Waals surface area contributed by atoms with Gasteiger partial charge in [-0.05, 0) is 12.1 Å². The molecule has 0 radical (unpaired) electrons. The molecule has 2 N–H and O–H groups in total. The van der Waals surface area contributed by atoms with E-state index in [0.29, 0.717) is 12.4 Å². The molecule has 0 atom stereocenters. The summed E-state index contributed by atoms with van der Waals surface area (Å²) in [5.41, 5.74) is 0.0623. The van der Waals surface area contributed by atoms with Crippen LogP contribution in [0.15, 0.2) is 49.6 Å². The number of carboxylic acid groups (broad SMARTS) is 2. The van der Waals surface area contributed by atoms with Gasteiger partial charge >= 0.3 is 11.9 Å². The van der Waals surface area contributed by atoms with Gasteiger partial charge in [0.1, 0.15) is 12.4 Å². The van der Waals surface area contributed by atoms with Crippen LogP contribution < -0.4 is 4.74 Å². The fraction of sp³-hybridized carbons (Fsp3) is 0.250. The lowest BCUT2D eigenvalue weighted by Crippen LogP contribution is -2.28. The van der Waals surface area contributed by atoms with E-state index in [4.69, 9.17) is 24.5 Å². The summed E-state index contributed by atoms with van der Waals surface area (Å²) in [4.78, 5) is 30.4. The number of nitrogens with zero attached hydrogens (tertiary/aromatic N) is 2. The number of nitro groups is 1. The zero-order valence-electron chi connectivity index (χ0n) is 13.5. The molecule has 1 aromatic rings. The number of nitro benzene ring substituents is 1. The lowest BCUT2D eigenvalue weighted by atomic mass is 10.3. The van der Waals surface area contributed by atoms with E-state index in [-0.39, 0.29) is 5.69 Å². The number of non-ortho nitro benzene ring substituents is 1. The van der Waals surface area contributed by atoms with Crippen LogP contribution in [-0.4, -0.2) is 58.2 Å². The second-order valence-corrected chi connectivity index (χ2v) is 4.55. The van der Waals surface area contributed by atoms with Crippen LogP contribution in [0.25, 0.3) is 0 Å². The number of aliphatic carboxylic acids is 2.